The summed E-state index contributed by atoms with van der Waals surface area (Å²) in [4.78, 5) is 0. The lowest BCUT2D eigenvalue weighted by atomic mass is 9.84. The Morgan fingerprint density at radius 2 is 1.00 bits per heavy atom. The first kappa shape index (κ1) is 4.70. The smallest absolute Gasteiger partial charge is 0.0622 e. The molecule has 0 atom stereocenters. The van der Waals surface area contributed by atoms with Crippen molar-refractivity contribution in [2.24, 2.45) is 0 Å². The molecule has 1 aliphatic rings. The van der Waals surface area contributed by atoms with Gasteiger partial charge in [0.05, 0.1) is 13.7 Å². The van der Waals surface area contributed by atoms with Crippen molar-refractivity contribution in [1.82, 2.24) is 0 Å². The standard InChI is InChI=1S/C18H18/c1-3-9-15(10-4-1)17-13-7-8-14-18(17)16-11-5-2-6-12-16/h1-6,9-12H,7-8,13-14H2/i1D,2D,3D,4D,5D,6D,9D,10D,11D,12D. The number of hydrogen-bond acceptors (Lipinski definition) is 0. The van der Waals surface area contributed by atoms with Gasteiger partial charge in [0.2, 0.25) is 0 Å². The number of benzene rings is 2. The fourth-order valence-electron chi connectivity index (χ4n) is 2.26. The summed E-state index contributed by atoms with van der Waals surface area (Å²) in [6, 6.07) is -4.13. The maximum Gasteiger partial charge on any atom is 0.0629 e. The molecule has 0 nitrogen and oxygen atoms in total. The lowest BCUT2D eigenvalue weighted by molar-refractivity contribution is 0.753. The molecule has 0 bridgehead atoms. The van der Waals surface area contributed by atoms with Gasteiger partial charge in [-0.1, -0.05) is 60.4 Å². The van der Waals surface area contributed by atoms with E-state index in [-0.39, 0.29) is 35.3 Å². The Kier molecular flexibility index (Phi) is 1.36. The third-order valence-corrected chi connectivity index (χ3v) is 3.07. The van der Waals surface area contributed by atoms with Crippen molar-refractivity contribution >= 4 is 11.1 Å². The van der Waals surface area contributed by atoms with Crippen molar-refractivity contribution in [3.8, 4) is 0 Å². The highest BCUT2D eigenvalue weighted by Crippen LogP contribution is 2.37. The molecule has 0 unspecified atom stereocenters. The zero-order chi connectivity index (χ0) is 20.9. The van der Waals surface area contributed by atoms with Gasteiger partial charge in [0.15, 0.2) is 0 Å². The highest BCUT2D eigenvalue weighted by molar-refractivity contribution is 5.91. The van der Waals surface area contributed by atoms with Crippen LogP contribution in [0.1, 0.15) is 50.5 Å². The number of hydrogen-bond donors (Lipinski definition) is 0. The average Bonchev–Trinajstić information content (AvgIpc) is 2.69. The van der Waals surface area contributed by atoms with Gasteiger partial charge in [-0.3, -0.25) is 0 Å². The van der Waals surface area contributed by atoms with Crippen molar-refractivity contribution in [2.45, 2.75) is 25.7 Å². The van der Waals surface area contributed by atoms with Crippen molar-refractivity contribution in [3.05, 3.63) is 71.6 Å². The Bertz CT molecular complexity index is 882. The highest BCUT2D eigenvalue weighted by Gasteiger charge is 2.15. The van der Waals surface area contributed by atoms with E-state index in [0.717, 1.165) is 12.8 Å². The molecule has 0 saturated heterocycles. The molecule has 90 valence electrons. The van der Waals surface area contributed by atoms with Crippen LogP contribution >= 0.6 is 0 Å². The van der Waals surface area contributed by atoms with Gasteiger partial charge >= 0.3 is 0 Å². The van der Waals surface area contributed by atoms with E-state index in [2.05, 4.69) is 0 Å². The molecule has 0 radical (unpaired) electrons. The first-order valence-corrected chi connectivity index (χ1v) is 5.96. The van der Waals surface area contributed by atoms with Gasteiger partial charge in [-0.2, -0.15) is 0 Å². The summed E-state index contributed by atoms with van der Waals surface area (Å²) in [5, 5.41) is 0. The third-order valence-electron chi connectivity index (χ3n) is 3.07. The first-order valence-electron chi connectivity index (χ1n) is 11.0. The Morgan fingerprint density at radius 1 is 0.611 bits per heavy atom. The molecular formula is C18H18. The third kappa shape index (κ3) is 2.24. The molecule has 2 aromatic rings. The van der Waals surface area contributed by atoms with E-state index in [1.54, 1.807) is 0 Å². The summed E-state index contributed by atoms with van der Waals surface area (Å²) in [6.07, 6.45) is 2.26. The van der Waals surface area contributed by atoms with Crippen LogP contribution < -0.4 is 0 Å². The van der Waals surface area contributed by atoms with Crippen molar-refractivity contribution in [1.29, 1.82) is 0 Å². The van der Waals surface area contributed by atoms with Gasteiger partial charge in [0.1, 0.15) is 0 Å². The van der Waals surface area contributed by atoms with Gasteiger partial charge in [0, 0.05) is 0 Å². The van der Waals surface area contributed by atoms with Crippen molar-refractivity contribution in [3.63, 3.8) is 0 Å². The highest BCUT2D eigenvalue weighted by atomic mass is 14.2. The van der Waals surface area contributed by atoms with Gasteiger partial charge in [-0.25, -0.2) is 0 Å². The minimum absolute atomic E-state index is 0.0486. The first-order chi connectivity index (χ1) is 13.1. The molecule has 18 heavy (non-hydrogen) atoms. The lowest BCUT2D eigenvalue weighted by Gasteiger charge is -2.21. The van der Waals surface area contributed by atoms with E-state index in [4.69, 9.17) is 13.7 Å². The van der Waals surface area contributed by atoms with Crippen LogP contribution in [0.4, 0.5) is 0 Å². The predicted octanol–water partition coefficient (Wildman–Crippen LogP) is 5.17. The van der Waals surface area contributed by atoms with Gasteiger partial charge in [-0.05, 0) is 48.0 Å². The maximum absolute atomic E-state index is 8.25. The van der Waals surface area contributed by atoms with Crippen LogP contribution in [0.2, 0.25) is 0 Å². The van der Waals surface area contributed by atoms with E-state index < -0.39 is 36.3 Å². The molecule has 3 rings (SSSR count). The average molecular weight is 244 g/mol. The molecule has 0 N–H and O–H groups in total. The largest absolute Gasteiger partial charge is 0.0629 e. The van der Waals surface area contributed by atoms with Crippen LogP contribution in [0, 0.1) is 0 Å². The van der Waals surface area contributed by atoms with Crippen molar-refractivity contribution < 1.29 is 13.7 Å². The Hall–Kier alpha value is -1.82. The van der Waals surface area contributed by atoms with Crippen LogP contribution in [0.25, 0.3) is 11.1 Å². The van der Waals surface area contributed by atoms with Gasteiger partial charge < -0.3 is 0 Å². The molecule has 0 aliphatic heterocycles. The van der Waals surface area contributed by atoms with E-state index in [0.29, 0.717) is 24.0 Å². The topological polar surface area (TPSA) is 0 Å². The fourth-order valence-corrected chi connectivity index (χ4v) is 2.26. The zero-order valence-corrected chi connectivity index (χ0v) is 9.83. The van der Waals surface area contributed by atoms with Crippen LogP contribution in [0.5, 0.6) is 0 Å². The monoisotopic (exact) mass is 244 g/mol. The molecule has 0 heterocycles. The second kappa shape index (κ2) is 5.22. The van der Waals surface area contributed by atoms with E-state index in [1.165, 1.54) is 0 Å². The summed E-state index contributed by atoms with van der Waals surface area (Å²) in [7, 11) is 0. The SMILES string of the molecule is [2H]c1c([2H])c([2H])c(C2=C(c3c([2H])c([2H])c([2H])c([2H])c3[2H])CCCC2)c([2H])c1[2H]. The van der Waals surface area contributed by atoms with E-state index >= 15 is 0 Å². The zero-order valence-electron chi connectivity index (χ0n) is 19.8. The number of allylic oxidation sites excluding steroid dienone is 2. The Morgan fingerprint density at radius 3 is 1.39 bits per heavy atom. The quantitative estimate of drug-likeness (QED) is 0.683. The summed E-state index contributed by atoms with van der Waals surface area (Å²) < 4.78 is 80.2. The normalized spacial score (nSPS) is 23.6. The summed E-state index contributed by atoms with van der Waals surface area (Å²) in [5.74, 6) is 0. The lowest BCUT2D eigenvalue weighted by Crippen LogP contribution is -1.99. The molecule has 0 amide bonds. The minimum Gasteiger partial charge on any atom is -0.0622 e. The van der Waals surface area contributed by atoms with Crippen LogP contribution in [-0.2, 0) is 0 Å². The summed E-state index contributed by atoms with van der Waals surface area (Å²) in [6.45, 7) is 0. The van der Waals surface area contributed by atoms with E-state index in [1.807, 2.05) is 0 Å². The molecule has 2 aromatic carbocycles. The van der Waals surface area contributed by atoms with Crippen molar-refractivity contribution in [2.75, 3.05) is 0 Å². The minimum atomic E-state index is -0.487. The van der Waals surface area contributed by atoms with Crippen LogP contribution in [-0.4, -0.2) is 0 Å². The predicted molar refractivity (Wildman–Crippen MR) is 78.2 cm³/mol. The molecule has 0 fully saturated rings. The van der Waals surface area contributed by atoms with Crippen LogP contribution in [0.15, 0.2) is 60.4 Å². The summed E-state index contributed by atoms with van der Waals surface area (Å²) in [5.41, 5.74) is 1.02. The molecule has 0 spiro atoms. The van der Waals surface area contributed by atoms with Gasteiger partial charge in [0.25, 0.3) is 0 Å². The number of rotatable bonds is 2. The second-order valence-electron chi connectivity index (χ2n) is 4.16. The second-order valence-corrected chi connectivity index (χ2v) is 4.16. The molecule has 1 aliphatic carbocycles. The molecular weight excluding hydrogens is 216 g/mol. The van der Waals surface area contributed by atoms with E-state index in [9.17, 15) is 0 Å². The fraction of sp³-hybridized carbons (Fsp3) is 0.222. The Labute approximate surface area is 123 Å². The maximum atomic E-state index is 8.25. The molecule has 0 saturated carbocycles. The van der Waals surface area contributed by atoms with Gasteiger partial charge in [-0.15, -0.1) is 0 Å². The molecule has 0 heteroatoms. The summed E-state index contributed by atoms with van der Waals surface area (Å²) >= 11 is 0. The molecule has 0 aromatic heterocycles. The van der Waals surface area contributed by atoms with Crippen LogP contribution in [0.3, 0.4) is 0 Å². The Balaban J connectivity index is 2.43.